The molecule has 2 aromatic carbocycles. The second kappa shape index (κ2) is 9.47. The van der Waals surface area contributed by atoms with Crippen molar-refractivity contribution in [3.8, 4) is 5.75 Å². The Labute approximate surface area is 197 Å². The summed E-state index contributed by atoms with van der Waals surface area (Å²) in [4.78, 5) is 22.2. The minimum Gasteiger partial charge on any atom is -0.497 e. The lowest BCUT2D eigenvalue weighted by atomic mass is 9.94. The fraction of sp³-hybridized carbons (Fsp3) is 0.259. The summed E-state index contributed by atoms with van der Waals surface area (Å²) >= 11 is 0. The van der Waals surface area contributed by atoms with E-state index in [1.54, 1.807) is 11.7 Å². The summed E-state index contributed by atoms with van der Waals surface area (Å²) in [6.07, 6.45) is 6.36. The Morgan fingerprint density at radius 2 is 1.76 bits per heavy atom. The Bertz CT molecular complexity index is 1470. The van der Waals surface area contributed by atoms with Crippen molar-refractivity contribution in [1.82, 2.24) is 24.1 Å². The summed E-state index contributed by atoms with van der Waals surface area (Å²) in [5.74, 6) is 1.28. The van der Waals surface area contributed by atoms with Crippen molar-refractivity contribution >= 4 is 16.7 Å². The molecule has 0 fully saturated rings. The Kier molecular flexibility index (Phi) is 6.08. The number of methoxy groups -OCH3 is 1. The molecular formula is C27H27N5O2. The molecule has 1 atom stereocenters. The maximum Gasteiger partial charge on any atom is 0.352 e. The number of hydrogen-bond donors (Lipinski definition) is 0. The average molecular weight is 454 g/mol. The largest absolute Gasteiger partial charge is 0.497 e. The van der Waals surface area contributed by atoms with Crippen LogP contribution in [0.5, 0.6) is 5.75 Å². The molecule has 0 saturated heterocycles. The molecule has 0 aliphatic rings. The van der Waals surface area contributed by atoms with E-state index in [4.69, 9.17) is 9.72 Å². The molecule has 0 amide bonds. The molecule has 0 aliphatic heterocycles. The number of benzene rings is 2. The number of rotatable bonds is 8. The molecular weight excluding hydrogens is 426 g/mol. The molecule has 3 heterocycles. The van der Waals surface area contributed by atoms with Crippen LogP contribution in [-0.4, -0.2) is 31.3 Å². The normalized spacial score (nSPS) is 12.3. The molecule has 0 saturated carbocycles. The number of pyridine rings is 1. The van der Waals surface area contributed by atoms with Gasteiger partial charge in [0.1, 0.15) is 17.7 Å². The van der Waals surface area contributed by atoms with Gasteiger partial charge in [-0.15, -0.1) is 0 Å². The fourth-order valence-electron chi connectivity index (χ4n) is 4.40. The summed E-state index contributed by atoms with van der Waals surface area (Å²) in [7, 11) is 1.63. The van der Waals surface area contributed by atoms with Crippen LogP contribution in [0.1, 0.15) is 42.4 Å². The molecule has 0 spiro atoms. The van der Waals surface area contributed by atoms with Crippen LogP contribution in [0.4, 0.5) is 0 Å². The molecule has 172 valence electrons. The molecule has 7 heteroatoms. The van der Waals surface area contributed by atoms with E-state index in [2.05, 4.69) is 53.4 Å². The van der Waals surface area contributed by atoms with Crippen LogP contribution < -0.4 is 10.4 Å². The van der Waals surface area contributed by atoms with Crippen LogP contribution in [0.3, 0.4) is 0 Å². The molecule has 0 radical (unpaired) electrons. The van der Waals surface area contributed by atoms with Crippen molar-refractivity contribution in [2.75, 3.05) is 7.11 Å². The molecule has 34 heavy (non-hydrogen) atoms. The van der Waals surface area contributed by atoms with E-state index < -0.39 is 0 Å². The van der Waals surface area contributed by atoms with E-state index in [1.807, 2.05) is 30.5 Å². The van der Waals surface area contributed by atoms with E-state index in [1.165, 1.54) is 16.4 Å². The Balaban J connectivity index is 1.43. The van der Waals surface area contributed by atoms with Crippen LogP contribution in [0.25, 0.3) is 16.7 Å². The third-order valence-electron chi connectivity index (χ3n) is 6.35. The van der Waals surface area contributed by atoms with Crippen LogP contribution in [-0.2, 0) is 13.0 Å². The number of ether oxygens (including phenoxy) is 1. The van der Waals surface area contributed by atoms with Crippen molar-refractivity contribution < 1.29 is 4.74 Å². The molecule has 5 rings (SSSR count). The van der Waals surface area contributed by atoms with Crippen molar-refractivity contribution in [3.63, 3.8) is 0 Å². The fourth-order valence-corrected chi connectivity index (χ4v) is 4.40. The smallest absolute Gasteiger partial charge is 0.352 e. The highest BCUT2D eigenvalue weighted by Crippen LogP contribution is 2.23. The third-order valence-corrected chi connectivity index (χ3v) is 6.35. The lowest BCUT2D eigenvalue weighted by Crippen LogP contribution is -2.29. The topological polar surface area (TPSA) is 74.3 Å². The van der Waals surface area contributed by atoms with Gasteiger partial charge in [-0.3, -0.25) is 4.57 Å². The predicted molar refractivity (Wildman–Crippen MR) is 132 cm³/mol. The zero-order valence-electron chi connectivity index (χ0n) is 19.4. The van der Waals surface area contributed by atoms with E-state index in [-0.39, 0.29) is 5.69 Å². The van der Waals surface area contributed by atoms with E-state index in [0.29, 0.717) is 23.8 Å². The minimum absolute atomic E-state index is 0.257. The van der Waals surface area contributed by atoms with Gasteiger partial charge in [-0.05, 0) is 60.1 Å². The van der Waals surface area contributed by atoms with Crippen molar-refractivity contribution in [2.24, 2.45) is 0 Å². The van der Waals surface area contributed by atoms with Crippen LogP contribution in [0.2, 0.25) is 0 Å². The number of aromatic nitrogens is 5. The first-order valence-corrected chi connectivity index (χ1v) is 11.5. The maximum absolute atomic E-state index is 13.2. The van der Waals surface area contributed by atoms with Crippen molar-refractivity contribution in [1.29, 1.82) is 0 Å². The lowest BCUT2D eigenvalue weighted by molar-refractivity contribution is 0.414. The summed E-state index contributed by atoms with van der Waals surface area (Å²) in [5.41, 5.74) is 4.37. The first kappa shape index (κ1) is 21.8. The highest BCUT2D eigenvalue weighted by Gasteiger charge is 2.15. The Morgan fingerprint density at radius 3 is 2.53 bits per heavy atom. The first-order valence-electron chi connectivity index (χ1n) is 11.5. The second-order valence-electron chi connectivity index (χ2n) is 8.63. The number of aryl methyl sites for hydroxylation is 1. The highest BCUT2D eigenvalue weighted by molar-refractivity contribution is 5.89. The van der Waals surface area contributed by atoms with Gasteiger partial charge in [0, 0.05) is 6.20 Å². The van der Waals surface area contributed by atoms with Gasteiger partial charge in [0.25, 0.3) is 0 Å². The van der Waals surface area contributed by atoms with Gasteiger partial charge in [0.05, 0.1) is 19.0 Å². The van der Waals surface area contributed by atoms with Gasteiger partial charge in [0.15, 0.2) is 5.65 Å². The Hall–Kier alpha value is -4.00. The summed E-state index contributed by atoms with van der Waals surface area (Å²) < 4.78 is 8.25. The zero-order valence-corrected chi connectivity index (χ0v) is 19.4. The molecule has 1 unspecified atom stereocenters. The Morgan fingerprint density at radius 1 is 0.971 bits per heavy atom. The quantitative estimate of drug-likeness (QED) is 0.343. The van der Waals surface area contributed by atoms with Gasteiger partial charge >= 0.3 is 5.69 Å². The van der Waals surface area contributed by atoms with Crippen LogP contribution in [0.15, 0.2) is 78.0 Å². The molecule has 3 aromatic heterocycles. The number of fused-ring (bicyclic) bond motifs is 3. The average Bonchev–Trinajstić information content (AvgIpc) is 3.38. The van der Waals surface area contributed by atoms with Gasteiger partial charge < -0.3 is 4.74 Å². The summed E-state index contributed by atoms with van der Waals surface area (Å²) in [6, 6.07) is 20.4. The van der Waals surface area contributed by atoms with Crippen LogP contribution >= 0.6 is 0 Å². The zero-order chi connectivity index (χ0) is 23.5. The van der Waals surface area contributed by atoms with E-state index in [9.17, 15) is 4.79 Å². The molecule has 5 aromatic rings. The first-order chi connectivity index (χ1) is 16.6. The van der Waals surface area contributed by atoms with Gasteiger partial charge in [-0.25, -0.2) is 14.8 Å². The predicted octanol–water partition coefficient (Wildman–Crippen LogP) is 4.62. The standard InChI is InChI=1S/C27H27N5O2/c1-19(22-9-4-3-5-10-22)7-6-8-21-15-24-25(28-16-21)31(27(33)32-26(24)29-18-30-32)17-20-11-13-23(34-2)14-12-20/h3-5,9-16,18-19H,6-8,17H2,1-2H3. The molecule has 0 aliphatic carbocycles. The van der Waals surface area contributed by atoms with Crippen molar-refractivity contribution in [3.05, 3.63) is 100 Å². The lowest BCUT2D eigenvalue weighted by Gasteiger charge is -2.13. The van der Waals surface area contributed by atoms with Gasteiger partial charge in [-0.2, -0.15) is 9.61 Å². The summed E-state index contributed by atoms with van der Waals surface area (Å²) in [6.45, 7) is 2.65. The molecule has 0 N–H and O–H groups in total. The number of hydrogen-bond acceptors (Lipinski definition) is 5. The SMILES string of the molecule is COc1ccc(Cn2c(=O)n3ncnc3c3cc(CCCC(C)c4ccccc4)cnc32)cc1. The van der Waals surface area contributed by atoms with Crippen molar-refractivity contribution in [2.45, 2.75) is 38.6 Å². The maximum atomic E-state index is 13.2. The minimum atomic E-state index is -0.257. The highest BCUT2D eigenvalue weighted by atomic mass is 16.5. The van der Waals surface area contributed by atoms with Crippen LogP contribution in [0, 0.1) is 0 Å². The van der Waals surface area contributed by atoms with Gasteiger partial charge in [-0.1, -0.05) is 49.4 Å². The summed E-state index contributed by atoms with van der Waals surface area (Å²) in [5, 5.41) is 5.00. The molecule has 0 bridgehead atoms. The number of nitrogens with zero attached hydrogens (tertiary/aromatic N) is 5. The third kappa shape index (κ3) is 4.29. The van der Waals surface area contributed by atoms with E-state index >= 15 is 0 Å². The van der Waals surface area contributed by atoms with Gasteiger partial charge in [0.2, 0.25) is 0 Å². The molecule has 7 nitrogen and oxygen atoms in total. The monoisotopic (exact) mass is 453 g/mol. The second-order valence-corrected chi connectivity index (χ2v) is 8.63. The van der Waals surface area contributed by atoms with E-state index in [0.717, 1.165) is 41.5 Å².